The van der Waals surface area contributed by atoms with Crippen LogP contribution in [0.5, 0.6) is 5.75 Å². The third-order valence-corrected chi connectivity index (χ3v) is 4.82. The van der Waals surface area contributed by atoms with Gasteiger partial charge in [0.2, 0.25) is 5.91 Å². The fraction of sp³-hybridized carbons (Fsp3) is 0.176. The number of halogens is 2. The summed E-state index contributed by atoms with van der Waals surface area (Å²) in [5, 5.41) is 4.76. The van der Waals surface area contributed by atoms with E-state index in [0.717, 1.165) is 16.6 Å². The Labute approximate surface area is 159 Å². The van der Waals surface area contributed by atoms with Crippen LogP contribution in [0.2, 0.25) is 10.0 Å². The van der Waals surface area contributed by atoms with Gasteiger partial charge in [-0.05, 0) is 36.4 Å². The lowest BCUT2D eigenvalue weighted by Gasteiger charge is -2.10. The third kappa shape index (κ3) is 4.60. The number of carbonyl (C=O) groups excluding carboxylic acids is 1. The topological polar surface area (TPSA) is 67.0 Å². The number of thioether (sulfide) groups is 1. The van der Waals surface area contributed by atoms with Crippen LogP contribution in [0.3, 0.4) is 0 Å². The monoisotopic (exact) mass is 395 g/mol. The number of H-pyrrole nitrogens is 1. The second-order valence-electron chi connectivity index (χ2n) is 5.23. The van der Waals surface area contributed by atoms with Crippen molar-refractivity contribution >= 4 is 51.9 Å². The molecule has 0 unspecified atom stereocenters. The Morgan fingerprint density at radius 2 is 2.00 bits per heavy atom. The number of carbonyl (C=O) groups is 1. The summed E-state index contributed by atoms with van der Waals surface area (Å²) in [6, 6.07) is 10.7. The maximum atomic E-state index is 12.1. The Balaban J connectivity index is 1.56. The van der Waals surface area contributed by atoms with Crippen molar-refractivity contribution in [3.63, 3.8) is 0 Å². The van der Waals surface area contributed by atoms with E-state index in [1.54, 1.807) is 37.4 Å². The molecule has 0 radical (unpaired) electrons. The number of nitrogens with zero attached hydrogens (tertiary/aromatic N) is 1. The molecule has 2 N–H and O–H groups in total. The summed E-state index contributed by atoms with van der Waals surface area (Å²) >= 11 is 13.3. The molecule has 0 saturated carbocycles. The molecule has 0 atom stereocenters. The Morgan fingerprint density at radius 1 is 1.24 bits per heavy atom. The molecule has 1 heterocycles. The van der Waals surface area contributed by atoms with Gasteiger partial charge in [-0.15, -0.1) is 0 Å². The van der Waals surface area contributed by atoms with Gasteiger partial charge >= 0.3 is 0 Å². The van der Waals surface area contributed by atoms with E-state index in [-0.39, 0.29) is 11.7 Å². The third-order valence-electron chi connectivity index (χ3n) is 3.48. The second kappa shape index (κ2) is 7.99. The highest BCUT2D eigenvalue weighted by atomic mass is 35.5. The van der Waals surface area contributed by atoms with Gasteiger partial charge in [-0.2, -0.15) is 0 Å². The first-order valence-electron chi connectivity index (χ1n) is 7.42. The molecule has 1 amide bonds. The van der Waals surface area contributed by atoms with E-state index in [9.17, 15) is 4.79 Å². The van der Waals surface area contributed by atoms with E-state index < -0.39 is 0 Å². The first-order chi connectivity index (χ1) is 12.0. The van der Waals surface area contributed by atoms with Crippen LogP contribution in [0.1, 0.15) is 5.56 Å². The minimum Gasteiger partial charge on any atom is -0.496 e. The van der Waals surface area contributed by atoms with E-state index in [2.05, 4.69) is 15.3 Å². The SMILES string of the molecule is COc1ccc(Cl)cc1CNC(=O)CSc1nc2ccc(Cl)cc2[nH]1. The lowest BCUT2D eigenvalue weighted by Crippen LogP contribution is -2.24. The molecule has 3 aromatic rings. The van der Waals surface area contributed by atoms with Crippen molar-refractivity contribution < 1.29 is 9.53 Å². The number of aromatic nitrogens is 2. The van der Waals surface area contributed by atoms with Crippen LogP contribution in [-0.2, 0) is 11.3 Å². The van der Waals surface area contributed by atoms with E-state index in [4.69, 9.17) is 27.9 Å². The lowest BCUT2D eigenvalue weighted by molar-refractivity contribution is -0.118. The second-order valence-corrected chi connectivity index (χ2v) is 7.06. The Bertz CT molecular complexity index is 914. The van der Waals surface area contributed by atoms with Crippen molar-refractivity contribution in [2.24, 2.45) is 0 Å². The van der Waals surface area contributed by atoms with Crippen molar-refractivity contribution in [2.45, 2.75) is 11.7 Å². The van der Waals surface area contributed by atoms with Crippen LogP contribution in [0.25, 0.3) is 11.0 Å². The van der Waals surface area contributed by atoms with E-state index >= 15 is 0 Å². The largest absolute Gasteiger partial charge is 0.496 e. The Morgan fingerprint density at radius 3 is 2.80 bits per heavy atom. The molecule has 0 bridgehead atoms. The minimum atomic E-state index is -0.106. The molecule has 8 heteroatoms. The van der Waals surface area contributed by atoms with Gasteiger partial charge in [0.05, 0.1) is 23.9 Å². The molecule has 130 valence electrons. The van der Waals surface area contributed by atoms with Crippen LogP contribution < -0.4 is 10.1 Å². The summed E-state index contributed by atoms with van der Waals surface area (Å²) < 4.78 is 5.26. The van der Waals surface area contributed by atoms with Gasteiger partial charge in [0.25, 0.3) is 0 Å². The van der Waals surface area contributed by atoms with E-state index in [1.165, 1.54) is 11.8 Å². The number of imidazole rings is 1. The Kier molecular flexibility index (Phi) is 5.73. The highest BCUT2D eigenvalue weighted by Gasteiger charge is 2.09. The van der Waals surface area contributed by atoms with Crippen LogP contribution >= 0.6 is 35.0 Å². The number of hydrogen-bond acceptors (Lipinski definition) is 4. The lowest BCUT2D eigenvalue weighted by atomic mass is 10.2. The van der Waals surface area contributed by atoms with Gasteiger partial charge in [0.1, 0.15) is 5.75 Å². The molecule has 1 aromatic heterocycles. The summed E-state index contributed by atoms with van der Waals surface area (Å²) in [5.74, 6) is 0.827. The van der Waals surface area contributed by atoms with Gasteiger partial charge in [-0.3, -0.25) is 4.79 Å². The summed E-state index contributed by atoms with van der Waals surface area (Å²) in [6.07, 6.45) is 0. The highest BCUT2D eigenvalue weighted by molar-refractivity contribution is 7.99. The standard InChI is InChI=1S/C17H15Cl2N3O2S/c1-24-15-5-3-11(18)6-10(15)8-20-16(23)9-25-17-21-13-4-2-12(19)7-14(13)22-17/h2-7H,8-9H2,1H3,(H,20,23)(H,21,22). The maximum absolute atomic E-state index is 12.1. The van der Waals surface area contributed by atoms with Gasteiger partial charge in [0, 0.05) is 22.2 Å². The van der Waals surface area contributed by atoms with Crippen molar-refractivity contribution in [1.29, 1.82) is 0 Å². The normalized spacial score (nSPS) is 10.8. The predicted octanol–water partition coefficient (Wildman–Crippen LogP) is 4.29. The minimum absolute atomic E-state index is 0.106. The van der Waals surface area contributed by atoms with E-state index in [1.807, 2.05) is 6.07 Å². The molecule has 5 nitrogen and oxygen atoms in total. The number of methoxy groups -OCH3 is 1. The number of ether oxygens (including phenoxy) is 1. The summed E-state index contributed by atoms with van der Waals surface area (Å²) in [6.45, 7) is 0.346. The van der Waals surface area contributed by atoms with Crippen LogP contribution in [0.15, 0.2) is 41.6 Å². The van der Waals surface area contributed by atoms with Gasteiger partial charge in [0.15, 0.2) is 5.16 Å². The number of aromatic amines is 1. The molecular formula is C17H15Cl2N3O2S. The zero-order valence-corrected chi connectivity index (χ0v) is 15.6. The molecule has 0 spiro atoms. The molecule has 2 aromatic carbocycles. The van der Waals surface area contributed by atoms with Gasteiger partial charge in [-0.1, -0.05) is 35.0 Å². The molecule has 0 fully saturated rings. The van der Waals surface area contributed by atoms with Gasteiger partial charge < -0.3 is 15.0 Å². The predicted molar refractivity (Wildman–Crippen MR) is 102 cm³/mol. The van der Waals surface area contributed by atoms with Crippen molar-refractivity contribution in [3.8, 4) is 5.75 Å². The fourth-order valence-corrected chi connectivity index (χ4v) is 3.37. The van der Waals surface area contributed by atoms with Crippen molar-refractivity contribution in [1.82, 2.24) is 15.3 Å². The number of amides is 1. The zero-order valence-electron chi connectivity index (χ0n) is 13.3. The van der Waals surface area contributed by atoms with Gasteiger partial charge in [-0.25, -0.2) is 4.98 Å². The van der Waals surface area contributed by atoms with E-state index in [0.29, 0.717) is 27.5 Å². The number of fused-ring (bicyclic) bond motifs is 1. The fourth-order valence-electron chi connectivity index (χ4n) is 2.29. The molecule has 0 saturated heterocycles. The molecule has 3 rings (SSSR count). The molecule has 25 heavy (non-hydrogen) atoms. The maximum Gasteiger partial charge on any atom is 0.230 e. The first-order valence-corrected chi connectivity index (χ1v) is 9.16. The molecule has 0 aliphatic heterocycles. The Hall–Kier alpha value is -1.89. The highest BCUT2D eigenvalue weighted by Crippen LogP contribution is 2.23. The number of hydrogen-bond donors (Lipinski definition) is 2. The first kappa shape index (κ1) is 17.9. The zero-order chi connectivity index (χ0) is 17.8. The molecule has 0 aliphatic carbocycles. The van der Waals surface area contributed by atoms with Crippen LogP contribution in [0, 0.1) is 0 Å². The van der Waals surface area contributed by atoms with Crippen molar-refractivity contribution in [3.05, 3.63) is 52.0 Å². The quantitative estimate of drug-likeness (QED) is 0.610. The molecule has 0 aliphatic rings. The average molecular weight is 396 g/mol. The number of rotatable bonds is 6. The summed E-state index contributed by atoms with van der Waals surface area (Å²) in [4.78, 5) is 19.6. The summed E-state index contributed by atoms with van der Waals surface area (Å²) in [7, 11) is 1.58. The van der Waals surface area contributed by atoms with Crippen molar-refractivity contribution in [2.75, 3.05) is 12.9 Å². The smallest absolute Gasteiger partial charge is 0.230 e. The number of benzene rings is 2. The van der Waals surface area contributed by atoms with Crippen LogP contribution in [-0.4, -0.2) is 28.7 Å². The van der Waals surface area contributed by atoms with Crippen LogP contribution in [0.4, 0.5) is 0 Å². The summed E-state index contributed by atoms with van der Waals surface area (Å²) in [5.41, 5.74) is 2.49. The number of nitrogens with one attached hydrogen (secondary N) is 2. The average Bonchev–Trinajstić information content (AvgIpc) is 3.00. The molecular weight excluding hydrogens is 381 g/mol.